The third-order valence-corrected chi connectivity index (χ3v) is 5.06. The molecule has 0 spiro atoms. The predicted octanol–water partition coefficient (Wildman–Crippen LogP) is 3.17. The van der Waals surface area contributed by atoms with E-state index in [9.17, 15) is 18.0 Å². The molecule has 0 bridgehead atoms. The number of anilines is 2. The van der Waals surface area contributed by atoms with Crippen LogP contribution in [0.15, 0.2) is 42.9 Å². The van der Waals surface area contributed by atoms with E-state index in [0.29, 0.717) is 6.54 Å². The molecule has 30 heavy (non-hydrogen) atoms. The van der Waals surface area contributed by atoms with Gasteiger partial charge in [0.1, 0.15) is 17.8 Å². The molecule has 158 valence electrons. The van der Waals surface area contributed by atoms with Crippen molar-refractivity contribution in [3.8, 4) is 0 Å². The normalized spacial score (nSPS) is 17.2. The number of piperidine rings is 1. The second-order valence-corrected chi connectivity index (χ2v) is 7.22. The van der Waals surface area contributed by atoms with E-state index in [-0.39, 0.29) is 24.2 Å². The van der Waals surface area contributed by atoms with Gasteiger partial charge in [0.25, 0.3) is 0 Å². The molecule has 1 fully saturated rings. The summed E-state index contributed by atoms with van der Waals surface area (Å²) in [6.07, 6.45) is 0.618. The zero-order valence-corrected chi connectivity index (χ0v) is 16.0. The average molecular weight is 418 g/mol. The molecule has 0 radical (unpaired) electrons. The van der Waals surface area contributed by atoms with Crippen molar-refractivity contribution in [1.82, 2.24) is 20.3 Å². The van der Waals surface area contributed by atoms with Crippen LogP contribution in [0.1, 0.15) is 18.4 Å². The van der Waals surface area contributed by atoms with Crippen LogP contribution in [-0.4, -0.2) is 46.5 Å². The molecule has 3 heterocycles. The Morgan fingerprint density at radius 3 is 2.97 bits per heavy atom. The lowest BCUT2D eigenvalue weighted by atomic mass is 10.1. The van der Waals surface area contributed by atoms with Gasteiger partial charge in [0.05, 0.1) is 17.5 Å². The van der Waals surface area contributed by atoms with Gasteiger partial charge in [-0.2, -0.15) is 13.2 Å². The fourth-order valence-electron chi connectivity index (χ4n) is 3.66. The molecule has 3 aromatic rings. The molecule has 3 N–H and O–H groups in total. The van der Waals surface area contributed by atoms with Gasteiger partial charge in [-0.25, -0.2) is 9.97 Å². The van der Waals surface area contributed by atoms with Gasteiger partial charge in [-0.05, 0) is 37.1 Å². The van der Waals surface area contributed by atoms with E-state index in [1.165, 1.54) is 18.5 Å². The molecule has 1 aliphatic rings. The highest BCUT2D eigenvalue weighted by Gasteiger charge is 2.30. The first-order chi connectivity index (χ1) is 14.4. The minimum absolute atomic E-state index is 0.0708. The lowest BCUT2D eigenvalue weighted by molar-refractivity contribution is -0.137. The van der Waals surface area contributed by atoms with Crippen LogP contribution < -0.4 is 15.5 Å². The fraction of sp³-hybridized carbons (Fsp3) is 0.350. The molecule has 7 nitrogen and oxygen atoms in total. The number of aromatic amines is 1. The van der Waals surface area contributed by atoms with Gasteiger partial charge in [0.15, 0.2) is 0 Å². The molecule has 2 aromatic heterocycles. The van der Waals surface area contributed by atoms with Crippen LogP contribution in [0, 0.1) is 0 Å². The van der Waals surface area contributed by atoms with E-state index in [0.717, 1.165) is 48.4 Å². The molecule has 1 aromatic carbocycles. The van der Waals surface area contributed by atoms with E-state index in [1.54, 1.807) is 0 Å². The first-order valence-electron chi connectivity index (χ1n) is 9.64. The highest BCUT2D eigenvalue weighted by atomic mass is 19.4. The number of rotatable bonds is 5. The zero-order chi connectivity index (χ0) is 21.1. The number of H-pyrrole nitrogens is 1. The summed E-state index contributed by atoms with van der Waals surface area (Å²) >= 11 is 0. The van der Waals surface area contributed by atoms with Gasteiger partial charge in [-0.1, -0.05) is 6.07 Å². The maximum absolute atomic E-state index is 12.8. The first kappa shape index (κ1) is 20.0. The van der Waals surface area contributed by atoms with E-state index in [2.05, 4.69) is 30.5 Å². The number of benzene rings is 1. The molecular weight excluding hydrogens is 397 g/mol. The average Bonchev–Trinajstić information content (AvgIpc) is 3.21. The Kier molecular flexibility index (Phi) is 5.47. The van der Waals surface area contributed by atoms with Crippen LogP contribution in [0.3, 0.4) is 0 Å². The Bertz CT molecular complexity index is 1030. The lowest BCUT2D eigenvalue weighted by Crippen LogP contribution is -2.49. The Balaban J connectivity index is 1.34. The highest BCUT2D eigenvalue weighted by molar-refractivity contribution is 5.87. The van der Waals surface area contributed by atoms with Crippen molar-refractivity contribution in [2.75, 3.05) is 29.9 Å². The topological polar surface area (TPSA) is 85.9 Å². The van der Waals surface area contributed by atoms with Crippen LogP contribution in [0.25, 0.3) is 11.0 Å². The van der Waals surface area contributed by atoms with E-state index in [4.69, 9.17) is 0 Å². The van der Waals surface area contributed by atoms with Crippen molar-refractivity contribution in [3.63, 3.8) is 0 Å². The molecule has 0 saturated carbocycles. The number of alkyl halides is 3. The molecule has 0 aliphatic carbocycles. The quantitative estimate of drug-likeness (QED) is 0.593. The van der Waals surface area contributed by atoms with Crippen molar-refractivity contribution in [1.29, 1.82) is 0 Å². The van der Waals surface area contributed by atoms with Crippen molar-refractivity contribution in [3.05, 3.63) is 48.4 Å². The number of nitrogens with zero attached hydrogens (tertiary/aromatic N) is 3. The van der Waals surface area contributed by atoms with Crippen molar-refractivity contribution >= 4 is 28.4 Å². The number of hydrogen-bond acceptors (Lipinski definition) is 5. The summed E-state index contributed by atoms with van der Waals surface area (Å²) in [5.74, 6) is 0.552. The van der Waals surface area contributed by atoms with Crippen molar-refractivity contribution < 1.29 is 18.0 Å². The minimum atomic E-state index is -4.42. The summed E-state index contributed by atoms with van der Waals surface area (Å²) in [5.41, 5.74) is 0.259. The molecular formula is C20H21F3N6O. The van der Waals surface area contributed by atoms with Crippen LogP contribution in [0.5, 0.6) is 0 Å². The number of fused-ring (bicyclic) bond motifs is 1. The zero-order valence-electron chi connectivity index (χ0n) is 16.0. The maximum Gasteiger partial charge on any atom is 0.416 e. The third-order valence-electron chi connectivity index (χ3n) is 5.06. The molecule has 1 atom stereocenters. The second kappa shape index (κ2) is 8.21. The standard InChI is InChI=1S/C20H21F3N6O/c21-20(22,23)13-3-1-4-14(9-13)25-10-17(30)28-15-5-2-8-29(11-15)19-16-6-7-24-18(16)26-12-27-19/h1,3-4,6-7,9,12,15,25H,2,5,8,10-11H2,(H,28,30)(H,24,26,27). The van der Waals surface area contributed by atoms with Crippen molar-refractivity contribution in [2.24, 2.45) is 0 Å². The number of carbonyl (C=O) groups is 1. The van der Waals surface area contributed by atoms with Crippen LogP contribution >= 0.6 is 0 Å². The van der Waals surface area contributed by atoms with Crippen molar-refractivity contribution in [2.45, 2.75) is 25.1 Å². The molecule has 1 unspecified atom stereocenters. The number of nitrogens with one attached hydrogen (secondary N) is 3. The lowest BCUT2D eigenvalue weighted by Gasteiger charge is -2.34. The maximum atomic E-state index is 12.8. The Hall–Kier alpha value is -3.30. The Morgan fingerprint density at radius 1 is 1.27 bits per heavy atom. The van der Waals surface area contributed by atoms with E-state index < -0.39 is 11.7 Å². The van der Waals surface area contributed by atoms with Gasteiger partial charge in [-0.3, -0.25) is 4.79 Å². The van der Waals surface area contributed by atoms with E-state index >= 15 is 0 Å². The van der Waals surface area contributed by atoms with Gasteiger partial charge < -0.3 is 20.5 Å². The van der Waals surface area contributed by atoms with Gasteiger partial charge in [-0.15, -0.1) is 0 Å². The first-order valence-corrected chi connectivity index (χ1v) is 9.64. The van der Waals surface area contributed by atoms with Crippen LogP contribution in [0.2, 0.25) is 0 Å². The van der Waals surface area contributed by atoms with Gasteiger partial charge in [0, 0.05) is 31.0 Å². The molecule has 1 aliphatic heterocycles. The van der Waals surface area contributed by atoms with E-state index in [1.807, 2.05) is 12.3 Å². The predicted molar refractivity (Wildman–Crippen MR) is 107 cm³/mol. The summed E-state index contributed by atoms with van der Waals surface area (Å²) in [6.45, 7) is 1.33. The Labute approximate surface area is 170 Å². The number of amides is 1. The number of halogens is 3. The highest BCUT2D eigenvalue weighted by Crippen LogP contribution is 2.30. The largest absolute Gasteiger partial charge is 0.416 e. The number of hydrogen-bond donors (Lipinski definition) is 3. The van der Waals surface area contributed by atoms with Crippen LogP contribution in [-0.2, 0) is 11.0 Å². The summed E-state index contributed by atoms with van der Waals surface area (Å²) < 4.78 is 38.4. The SMILES string of the molecule is O=C(CNc1cccc(C(F)(F)F)c1)NC1CCCN(c2ncnc3[nH]ccc23)C1. The molecule has 1 saturated heterocycles. The molecule has 4 rings (SSSR count). The smallest absolute Gasteiger partial charge is 0.376 e. The summed E-state index contributed by atoms with van der Waals surface area (Å²) in [6, 6.07) is 6.65. The summed E-state index contributed by atoms with van der Waals surface area (Å²) in [7, 11) is 0. The summed E-state index contributed by atoms with van der Waals surface area (Å²) in [5, 5.41) is 6.65. The van der Waals surface area contributed by atoms with Crippen LogP contribution in [0.4, 0.5) is 24.7 Å². The molecule has 1 amide bonds. The molecule has 10 heteroatoms. The fourth-order valence-corrected chi connectivity index (χ4v) is 3.66. The second-order valence-electron chi connectivity index (χ2n) is 7.22. The number of carbonyl (C=O) groups excluding carboxylic acids is 1. The monoisotopic (exact) mass is 418 g/mol. The third kappa shape index (κ3) is 4.47. The minimum Gasteiger partial charge on any atom is -0.376 e. The number of aromatic nitrogens is 3. The Morgan fingerprint density at radius 2 is 2.13 bits per heavy atom. The summed E-state index contributed by atoms with van der Waals surface area (Å²) in [4.78, 5) is 26.1. The van der Waals surface area contributed by atoms with Gasteiger partial charge in [0.2, 0.25) is 5.91 Å². The van der Waals surface area contributed by atoms with Gasteiger partial charge >= 0.3 is 6.18 Å².